The predicted octanol–water partition coefficient (Wildman–Crippen LogP) is 4.13. The van der Waals surface area contributed by atoms with E-state index < -0.39 is 32.7 Å². The summed E-state index contributed by atoms with van der Waals surface area (Å²) in [4.78, 5) is 26.4. The van der Waals surface area contributed by atoms with Crippen molar-refractivity contribution in [3.05, 3.63) is 45.3 Å². The van der Waals surface area contributed by atoms with Crippen LogP contribution in [0.3, 0.4) is 0 Å². The number of hydrogen-bond acceptors (Lipinski definition) is 9. The number of sulfone groups is 1. The molecule has 2 aromatic heterocycles. The number of amides is 1. The van der Waals surface area contributed by atoms with Crippen molar-refractivity contribution in [3.8, 4) is 11.5 Å². The molecule has 1 aliphatic rings. The lowest BCUT2D eigenvalue weighted by atomic mass is 9.88. The van der Waals surface area contributed by atoms with Gasteiger partial charge < -0.3 is 14.5 Å². The minimum Gasteiger partial charge on any atom is -0.462 e. The number of carbonyl (C=O) groups excluding carboxylic acids is 2. The molecule has 1 aromatic carbocycles. The Morgan fingerprint density at radius 1 is 1.23 bits per heavy atom. The van der Waals surface area contributed by atoms with Crippen molar-refractivity contribution in [1.82, 2.24) is 10.2 Å². The van der Waals surface area contributed by atoms with Gasteiger partial charge in [-0.2, -0.15) is 0 Å². The zero-order chi connectivity index (χ0) is 25.3. The summed E-state index contributed by atoms with van der Waals surface area (Å²) in [5.74, 6) is -1.70. The molecular weight excluding hydrogens is 490 g/mol. The summed E-state index contributed by atoms with van der Waals surface area (Å²) in [6, 6.07) is 5.45. The summed E-state index contributed by atoms with van der Waals surface area (Å²) in [7, 11) is -4.20. The third-order valence-corrected chi connectivity index (χ3v) is 8.50. The number of nitrogens with one attached hydrogen (secondary N) is 1. The van der Waals surface area contributed by atoms with Gasteiger partial charge in [0.2, 0.25) is 21.6 Å². The monoisotopic (exact) mass is 517 g/mol. The molecule has 11 heteroatoms. The molecule has 1 atom stereocenters. The van der Waals surface area contributed by atoms with Crippen LogP contribution in [0.2, 0.25) is 0 Å². The number of fused-ring (bicyclic) bond motifs is 1. The average Bonchev–Trinajstić information content (AvgIpc) is 3.40. The Kier molecular flexibility index (Phi) is 7.09. The Labute approximate surface area is 207 Å². The second-order valence-electron chi connectivity index (χ2n) is 8.76. The SMILES string of the molecule is CCOC(=O)c1c(NC(=O)CS(=O)(=O)c2nnc(-c3ccc(C)c(C)c3)o2)sc2c1CCC(C)C2. The van der Waals surface area contributed by atoms with E-state index in [1.165, 1.54) is 11.3 Å². The van der Waals surface area contributed by atoms with E-state index in [0.29, 0.717) is 28.5 Å². The maximum absolute atomic E-state index is 12.8. The van der Waals surface area contributed by atoms with Crippen molar-refractivity contribution in [2.45, 2.75) is 52.2 Å². The lowest BCUT2D eigenvalue weighted by Crippen LogP contribution is -2.24. The zero-order valence-corrected chi connectivity index (χ0v) is 21.6. The van der Waals surface area contributed by atoms with E-state index in [1.54, 1.807) is 13.0 Å². The van der Waals surface area contributed by atoms with Crippen LogP contribution in [0.1, 0.15) is 52.2 Å². The first-order chi connectivity index (χ1) is 16.6. The molecule has 0 spiro atoms. The Hall–Kier alpha value is -3.05. The molecule has 2 heterocycles. The summed E-state index contributed by atoms with van der Waals surface area (Å²) in [6.07, 6.45) is 2.43. The van der Waals surface area contributed by atoms with Crippen LogP contribution in [0.4, 0.5) is 5.00 Å². The van der Waals surface area contributed by atoms with Crippen molar-refractivity contribution < 1.29 is 27.2 Å². The Morgan fingerprint density at radius 2 is 2.00 bits per heavy atom. The minimum absolute atomic E-state index is 0.0525. The van der Waals surface area contributed by atoms with Crippen molar-refractivity contribution in [2.24, 2.45) is 5.92 Å². The molecule has 0 fully saturated rings. The maximum Gasteiger partial charge on any atom is 0.341 e. The fraction of sp³-hybridized carbons (Fsp3) is 0.417. The molecule has 1 N–H and O–H groups in total. The fourth-order valence-corrected chi connectivity index (χ4v) is 6.31. The normalized spacial score (nSPS) is 15.5. The molecule has 186 valence electrons. The van der Waals surface area contributed by atoms with Gasteiger partial charge in [0, 0.05) is 10.4 Å². The van der Waals surface area contributed by atoms with Crippen LogP contribution >= 0.6 is 11.3 Å². The molecule has 1 aliphatic carbocycles. The van der Waals surface area contributed by atoms with Crippen LogP contribution in [0, 0.1) is 19.8 Å². The van der Waals surface area contributed by atoms with E-state index in [-0.39, 0.29) is 12.5 Å². The number of ether oxygens (including phenoxy) is 1. The summed E-state index contributed by atoms with van der Waals surface area (Å²) in [5.41, 5.74) is 3.85. The highest BCUT2D eigenvalue weighted by Crippen LogP contribution is 2.40. The second kappa shape index (κ2) is 9.90. The van der Waals surface area contributed by atoms with Crippen molar-refractivity contribution in [3.63, 3.8) is 0 Å². The highest BCUT2D eigenvalue weighted by Gasteiger charge is 2.31. The van der Waals surface area contributed by atoms with Gasteiger partial charge in [-0.25, -0.2) is 13.2 Å². The Bertz CT molecular complexity index is 1390. The fourth-order valence-electron chi connectivity index (χ4n) is 3.98. The molecule has 0 saturated heterocycles. The Morgan fingerprint density at radius 3 is 2.71 bits per heavy atom. The summed E-state index contributed by atoms with van der Waals surface area (Å²) in [6.45, 7) is 7.92. The summed E-state index contributed by atoms with van der Waals surface area (Å²) >= 11 is 1.29. The predicted molar refractivity (Wildman–Crippen MR) is 131 cm³/mol. The smallest absolute Gasteiger partial charge is 0.341 e. The standard InChI is InChI=1S/C24H27N3O6S2/c1-5-32-23(29)20-17-9-6-13(2)10-18(17)34-22(20)25-19(28)12-35(30,31)24-27-26-21(33-24)16-8-7-14(3)15(4)11-16/h7-8,11,13H,5-6,9-10,12H2,1-4H3,(H,25,28). The molecule has 1 amide bonds. The molecule has 1 unspecified atom stereocenters. The van der Waals surface area contributed by atoms with Gasteiger partial charge in [-0.05, 0) is 74.8 Å². The molecule has 3 aromatic rings. The number of aromatic nitrogens is 2. The van der Waals surface area contributed by atoms with Crippen molar-refractivity contribution in [1.29, 1.82) is 0 Å². The Balaban J connectivity index is 1.54. The van der Waals surface area contributed by atoms with Crippen molar-refractivity contribution >= 4 is 38.1 Å². The van der Waals surface area contributed by atoms with Crippen LogP contribution in [0.15, 0.2) is 27.8 Å². The number of rotatable bonds is 7. The number of esters is 1. The summed E-state index contributed by atoms with van der Waals surface area (Å²) in [5, 5.41) is 9.77. The maximum atomic E-state index is 12.8. The first-order valence-electron chi connectivity index (χ1n) is 11.3. The number of anilines is 1. The van der Waals surface area contributed by atoms with Gasteiger partial charge in [0.15, 0.2) is 0 Å². The van der Waals surface area contributed by atoms with Crippen LogP contribution < -0.4 is 5.32 Å². The molecular formula is C24H27N3O6S2. The van der Waals surface area contributed by atoms with Crippen molar-refractivity contribution in [2.75, 3.05) is 17.7 Å². The highest BCUT2D eigenvalue weighted by molar-refractivity contribution is 7.91. The molecule has 0 aliphatic heterocycles. The van der Waals surface area contributed by atoms with E-state index in [2.05, 4.69) is 22.4 Å². The van der Waals surface area contributed by atoms with E-state index in [4.69, 9.17) is 9.15 Å². The van der Waals surface area contributed by atoms with Crippen LogP contribution in [-0.4, -0.2) is 42.9 Å². The quantitative estimate of drug-likeness (QED) is 0.463. The second-order valence-corrected chi connectivity index (χ2v) is 11.7. The molecule has 35 heavy (non-hydrogen) atoms. The van der Waals surface area contributed by atoms with Gasteiger partial charge in [0.1, 0.15) is 10.8 Å². The van der Waals surface area contributed by atoms with Gasteiger partial charge in [-0.15, -0.1) is 16.4 Å². The lowest BCUT2D eigenvalue weighted by molar-refractivity contribution is -0.113. The van der Waals surface area contributed by atoms with Gasteiger partial charge in [0.05, 0.1) is 12.2 Å². The van der Waals surface area contributed by atoms with Crippen LogP contribution in [0.5, 0.6) is 0 Å². The van der Waals surface area contributed by atoms with Gasteiger partial charge in [0.25, 0.3) is 0 Å². The largest absolute Gasteiger partial charge is 0.462 e. The third kappa shape index (κ3) is 5.30. The van der Waals surface area contributed by atoms with E-state index in [9.17, 15) is 18.0 Å². The first-order valence-corrected chi connectivity index (χ1v) is 13.8. The van der Waals surface area contributed by atoms with Gasteiger partial charge in [-0.1, -0.05) is 18.1 Å². The number of nitrogens with zero attached hydrogens (tertiary/aromatic N) is 2. The minimum atomic E-state index is -4.20. The number of thiophene rings is 1. The van der Waals surface area contributed by atoms with Crippen LogP contribution in [0.25, 0.3) is 11.5 Å². The van der Waals surface area contributed by atoms with Gasteiger partial charge >= 0.3 is 11.2 Å². The highest BCUT2D eigenvalue weighted by atomic mass is 32.2. The topological polar surface area (TPSA) is 128 Å². The van der Waals surface area contributed by atoms with Gasteiger partial charge in [-0.3, -0.25) is 4.79 Å². The average molecular weight is 518 g/mol. The molecule has 9 nitrogen and oxygen atoms in total. The van der Waals surface area contributed by atoms with Crippen LogP contribution in [-0.2, 0) is 32.2 Å². The number of hydrogen-bond donors (Lipinski definition) is 1. The third-order valence-electron chi connectivity index (χ3n) is 5.99. The molecule has 0 saturated carbocycles. The van der Waals surface area contributed by atoms with E-state index in [0.717, 1.165) is 34.4 Å². The number of carbonyl (C=O) groups is 2. The molecule has 0 radical (unpaired) electrons. The first kappa shape index (κ1) is 25.1. The van der Waals surface area contributed by atoms with E-state index >= 15 is 0 Å². The zero-order valence-electron chi connectivity index (χ0n) is 20.0. The lowest BCUT2D eigenvalue weighted by Gasteiger charge is -2.18. The molecule has 0 bridgehead atoms. The van der Waals surface area contributed by atoms with E-state index in [1.807, 2.05) is 26.0 Å². The summed E-state index contributed by atoms with van der Waals surface area (Å²) < 4.78 is 36.2. The molecule has 4 rings (SSSR count). The number of benzene rings is 1. The number of aryl methyl sites for hydroxylation is 2.